The van der Waals surface area contributed by atoms with Gasteiger partial charge >= 0.3 is 6.09 Å². The second-order valence-corrected chi connectivity index (χ2v) is 16.7. The number of amides is 2. The number of hydrogen-bond donors (Lipinski definition) is 1. The minimum absolute atomic E-state index is 0.0817. The van der Waals surface area contributed by atoms with Crippen molar-refractivity contribution in [3.63, 3.8) is 0 Å². The monoisotopic (exact) mass is 803 g/mol. The van der Waals surface area contributed by atoms with Crippen molar-refractivity contribution < 1.29 is 23.8 Å². The lowest BCUT2D eigenvalue weighted by Crippen LogP contribution is -2.64. The number of halogens is 4. The van der Waals surface area contributed by atoms with Gasteiger partial charge in [-0.05, 0) is 98.7 Å². The van der Waals surface area contributed by atoms with Crippen molar-refractivity contribution in [2.45, 2.75) is 74.1 Å². The Morgan fingerprint density at radius 2 is 1.54 bits per heavy atom. The maximum absolute atomic E-state index is 14.9. The van der Waals surface area contributed by atoms with Gasteiger partial charge in [0.1, 0.15) is 24.7 Å². The van der Waals surface area contributed by atoms with Crippen molar-refractivity contribution >= 4 is 68.3 Å². The fraction of sp³-hybridized carbons (Fsp3) is 0.421. The number of nitrogens with zero attached hydrogens (tertiary/aromatic N) is 2. The molecule has 0 spiro atoms. The normalized spacial score (nSPS) is 19.2. The van der Waals surface area contributed by atoms with E-state index in [9.17, 15) is 9.59 Å². The van der Waals surface area contributed by atoms with Crippen LogP contribution in [0.5, 0.6) is 11.5 Å². The second kappa shape index (κ2) is 15.3. The van der Waals surface area contributed by atoms with Crippen molar-refractivity contribution in [2.24, 2.45) is 0 Å². The van der Waals surface area contributed by atoms with Crippen LogP contribution in [0.15, 0.2) is 82.8 Å². The van der Waals surface area contributed by atoms with E-state index in [0.29, 0.717) is 50.6 Å². The first kappa shape index (κ1) is 36.8. The van der Waals surface area contributed by atoms with E-state index in [1.807, 2.05) is 65.6 Å². The van der Waals surface area contributed by atoms with Crippen molar-refractivity contribution in [1.82, 2.24) is 15.1 Å². The first-order valence-corrected chi connectivity index (χ1v) is 18.7. The third-order valence-electron chi connectivity index (χ3n) is 9.50. The lowest BCUT2D eigenvalue weighted by Gasteiger charge is -2.48. The first-order chi connectivity index (χ1) is 23.8. The Kier molecular flexibility index (Phi) is 11.3. The lowest BCUT2D eigenvalue weighted by molar-refractivity contribution is -0.129. The summed E-state index contributed by atoms with van der Waals surface area (Å²) in [7, 11) is 0. The van der Waals surface area contributed by atoms with Gasteiger partial charge in [0.15, 0.2) is 5.60 Å². The van der Waals surface area contributed by atoms with E-state index in [2.05, 4.69) is 40.3 Å². The van der Waals surface area contributed by atoms with Gasteiger partial charge in [0.05, 0.1) is 12.1 Å². The molecule has 1 N–H and O–H groups in total. The van der Waals surface area contributed by atoms with Crippen molar-refractivity contribution in [3.8, 4) is 11.5 Å². The molecule has 1 saturated heterocycles. The molecule has 1 saturated carbocycles. The molecule has 2 fully saturated rings. The number of rotatable bonds is 11. The molecule has 2 aliphatic heterocycles. The molecule has 2 bridgehead atoms. The standard InChI is InChI=1S/C38H41BrCl3N3O5/c1-24-6-4-5-7-26(24)23-44(28-12-13-28)35(46)34-32(20-29-21-43-22-33(34)45(29)36(47)50-37(2,3)38(40,41)42)25-8-14-30(15-9-25)48-18-19-49-31-16-10-27(39)11-17-31/h4-11,14-17,28-29,33,43H,12-13,18-23H2,1-3H3. The van der Waals surface area contributed by atoms with Gasteiger partial charge in [0.2, 0.25) is 3.79 Å². The highest BCUT2D eigenvalue weighted by Gasteiger charge is 2.50. The highest BCUT2D eigenvalue weighted by Crippen LogP contribution is 2.43. The Morgan fingerprint density at radius 1 is 0.920 bits per heavy atom. The van der Waals surface area contributed by atoms with E-state index < -0.39 is 21.5 Å². The van der Waals surface area contributed by atoms with Gasteiger partial charge in [0.25, 0.3) is 5.91 Å². The van der Waals surface area contributed by atoms with Crippen LogP contribution in [-0.4, -0.2) is 75.6 Å². The van der Waals surface area contributed by atoms with Crippen LogP contribution in [0.1, 0.15) is 49.8 Å². The van der Waals surface area contributed by atoms with Gasteiger partial charge in [-0.1, -0.05) is 87.1 Å². The molecule has 6 rings (SSSR count). The number of carbonyl (C=O) groups is 2. The van der Waals surface area contributed by atoms with Crippen LogP contribution in [0.3, 0.4) is 0 Å². The molecular weight excluding hydrogens is 765 g/mol. The number of alkyl halides is 3. The summed E-state index contributed by atoms with van der Waals surface area (Å²) in [6, 6.07) is 22.8. The largest absolute Gasteiger partial charge is 0.490 e. The molecule has 3 aromatic carbocycles. The number of carbonyl (C=O) groups excluding carboxylic acids is 2. The fourth-order valence-corrected chi connectivity index (χ4v) is 6.81. The Hall–Kier alpha value is -2.95. The van der Waals surface area contributed by atoms with Crippen molar-refractivity contribution in [3.05, 3.63) is 99.5 Å². The Bertz CT molecular complexity index is 1720. The smallest absolute Gasteiger partial charge is 0.411 e. The molecule has 0 radical (unpaired) electrons. The molecule has 3 aromatic rings. The summed E-state index contributed by atoms with van der Waals surface area (Å²) in [4.78, 5) is 32.5. The minimum atomic E-state index is -1.85. The molecule has 2 heterocycles. The molecule has 0 aromatic heterocycles. The van der Waals surface area contributed by atoms with Gasteiger partial charge < -0.3 is 24.4 Å². The Morgan fingerprint density at radius 3 is 2.14 bits per heavy atom. The minimum Gasteiger partial charge on any atom is -0.490 e. The lowest BCUT2D eigenvalue weighted by atomic mass is 9.82. The maximum Gasteiger partial charge on any atom is 0.411 e. The summed E-state index contributed by atoms with van der Waals surface area (Å²) in [5.41, 5.74) is 3.21. The molecule has 1 aliphatic carbocycles. The molecule has 2 unspecified atom stereocenters. The molecule has 266 valence electrons. The predicted molar refractivity (Wildman–Crippen MR) is 201 cm³/mol. The van der Waals surface area contributed by atoms with Crippen LogP contribution in [0, 0.1) is 6.92 Å². The zero-order valence-corrected chi connectivity index (χ0v) is 32.1. The average Bonchev–Trinajstić information content (AvgIpc) is 3.91. The fourth-order valence-electron chi connectivity index (χ4n) is 6.43. The SMILES string of the molecule is Cc1ccccc1CN(C(=O)C1=C(c2ccc(OCCOc3ccc(Br)cc3)cc2)CC2CNCC1N2C(=O)OC(C)(C)C(Cl)(Cl)Cl)C1CC1. The highest BCUT2D eigenvalue weighted by molar-refractivity contribution is 9.10. The number of benzene rings is 3. The predicted octanol–water partition coefficient (Wildman–Crippen LogP) is 8.49. The zero-order chi connectivity index (χ0) is 35.6. The highest BCUT2D eigenvalue weighted by atomic mass is 79.9. The summed E-state index contributed by atoms with van der Waals surface area (Å²) in [6.45, 7) is 7.35. The third-order valence-corrected chi connectivity index (χ3v) is 11.4. The Labute approximate surface area is 317 Å². The second-order valence-electron chi connectivity index (χ2n) is 13.5. The zero-order valence-electron chi connectivity index (χ0n) is 28.3. The number of fused-ring (bicyclic) bond motifs is 2. The summed E-state index contributed by atoms with van der Waals surface area (Å²) in [5.74, 6) is 1.38. The van der Waals surface area contributed by atoms with E-state index in [1.165, 1.54) is 0 Å². The van der Waals surface area contributed by atoms with E-state index in [4.69, 9.17) is 49.0 Å². The average molecular weight is 806 g/mol. The van der Waals surface area contributed by atoms with Gasteiger partial charge in [-0.15, -0.1) is 0 Å². The van der Waals surface area contributed by atoms with Crippen LogP contribution < -0.4 is 14.8 Å². The van der Waals surface area contributed by atoms with Gasteiger partial charge in [0, 0.05) is 35.7 Å². The molecule has 50 heavy (non-hydrogen) atoms. The first-order valence-electron chi connectivity index (χ1n) is 16.8. The topological polar surface area (TPSA) is 80.3 Å². The van der Waals surface area contributed by atoms with Crippen LogP contribution in [0.2, 0.25) is 0 Å². The van der Waals surface area contributed by atoms with Crippen LogP contribution in [0.4, 0.5) is 4.79 Å². The Balaban J connectivity index is 1.29. The van der Waals surface area contributed by atoms with Gasteiger partial charge in [-0.25, -0.2) is 4.79 Å². The van der Waals surface area contributed by atoms with Crippen LogP contribution in [-0.2, 0) is 16.1 Å². The van der Waals surface area contributed by atoms with Gasteiger partial charge in [-0.3, -0.25) is 9.69 Å². The number of aryl methyl sites for hydroxylation is 1. The van der Waals surface area contributed by atoms with E-state index in [1.54, 1.807) is 18.7 Å². The van der Waals surface area contributed by atoms with Crippen LogP contribution in [0.25, 0.3) is 5.57 Å². The number of piperazine rings is 1. The van der Waals surface area contributed by atoms with E-state index in [-0.39, 0.29) is 18.0 Å². The molecule has 3 aliphatic rings. The molecular formula is C38H41BrCl3N3O5. The summed E-state index contributed by atoms with van der Waals surface area (Å²) in [6.07, 6.45) is 1.70. The molecule has 12 heteroatoms. The number of ether oxygens (including phenoxy) is 3. The maximum atomic E-state index is 14.9. The van der Waals surface area contributed by atoms with E-state index in [0.717, 1.165) is 45.3 Å². The van der Waals surface area contributed by atoms with Crippen molar-refractivity contribution in [2.75, 3.05) is 26.3 Å². The number of nitrogens with one attached hydrogen (secondary N) is 1. The summed E-state index contributed by atoms with van der Waals surface area (Å²) < 4.78 is 16.8. The molecule has 8 nitrogen and oxygen atoms in total. The summed E-state index contributed by atoms with van der Waals surface area (Å²) in [5, 5.41) is 3.45. The van der Waals surface area contributed by atoms with E-state index >= 15 is 0 Å². The van der Waals surface area contributed by atoms with Crippen molar-refractivity contribution in [1.29, 1.82) is 0 Å². The van der Waals surface area contributed by atoms with Gasteiger partial charge in [-0.2, -0.15) is 0 Å². The quantitative estimate of drug-likeness (QED) is 0.155. The van der Waals surface area contributed by atoms with Crippen LogP contribution >= 0.6 is 50.7 Å². The third kappa shape index (κ3) is 8.39. The summed E-state index contributed by atoms with van der Waals surface area (Å²) >= 11 is 22.0. The molecule has 2 atom stereocenters. The number of hydrogen-bond acceptors (Lipinski definition) is 6. The molecule has 2 amide bonds.